The minimum absolute atomic E-state index is 0.143. The van der Waals surface area contributed by atoms with Crippen LogP contribution in [0.2, 0.25) is 0 Å². The number of allylic oxidation sites excluding steroid dienone is 1. The van der Waals surface area contributed by atoms with E-state index in [0.717, 1.165) is 19.3 Å². The number of rotatable bonds is 0. The van der Waals surface area contributed by atoms with Crippen LogP contribution in [0.1, 0.15) is 65.2 Å². The van der Waals surface area contributed by atoms with Crippen LogP contribution in [0.25, 0.3) is 0 Å². The monoisotopic (exact) mass is 315 g/mol. The van der Waals surface area contributed by atoms with E-state index >= 15 is 0 Å². The van der Waals surface area contributed by atoms with Crippen molar-refractivity contribution in [2.75, 3.05) is 0 Å². The molecule has 3 heteroatoms. The van der Waals surface area contributed by atoms with Crippen LogP contribution in [0.4, 0.5) is 0 Å². The zero-order valence-corrected chi connectivity index (χ0v) is 14.4. The van der Waals surface area contributed by atoms with Gasteiger partial charge >= 0.3 is 0 Å². The normalized spacial score (nSPS) is 51.0. The fourth-order valence-electron chi connectivity index (χ4n) is 6.84. The van der Waals surface area contributed by atoms with Crippen LogP contribution in [-0.2, 0) is 0 Å². The van der Waals surface area contributed by atoms with Gasteiger partial charge in [0, 0.05) is 12.8 Å². The maximum atomic E-state index is 10.1. The quantitative estimate of drug-likeness (QED) is 0.528. The molecule has 4 rings (SSSR count). The van der Waals surface area contributed by atoms with Crippen molar-refractivity contribution in [2.45, 2.75) is 71.0 Å². The van der Waals surface area contributed by atoms with E-state index in [2.05, 4.69) is 26.0 Å². The molecule has 0 amide bonds. The lowest BCUT2D eigenvalue weighted by molar-refractivity contribution is -0.188. The van der Waals surface area contributed by atoms with Gasteiger partial charge < -0.3 is 10.2 Å². The number of fused-ring (bicyclic) bond motifs is 5. The summed E-state index contributed by atoms with van der Waals surface area (Å²) in [6, 6.07) is 2.59. The third-order valence-corrected chi connectivity index (χ3v) is 8.30. The smallest absolute Gasteiger partial charge is 0.166 e. The lowest BCUT2D eigenvalue weighted by atomic mass is 9.47. The lowest BCUT2D eigenvalue weighted by Gasteiger charge is -2.58. The molecule has 126 valence electrons. The van der Waals surface area contributed by atoms with E-state index in [1.165, 1.54) is 24.8 Å². The number of hydrogen-bond donors (Lipinski definition) is 2. The van der Waals surface area contributed by atoms with Gasteiger partial charge in [0.15, 0.2) is 5.79 Å². The molecule has 6 atom stereocenters. The molecule has 4 aliphatic rings. The summed E-state index contributed by atoms with van der Waals surface area (Å²) in [6.07, 6.45) is 9.86. The summed E-state index contributed by atoms with van der Waals surface area (Å²) in [5.74, 6) is 0.761. The van der Waals surface area contributed by atoms with E-state index in [0.29, 0.717) is 30.6 Å². The van der Waals surface area contributed by atoms with Gasteiger partial charge in [0.1, 0.15) is 0 Å². The molecule has 0 aromatic heterocycles. The fraction of sp³-hybridized carbons (Fsp3) is 0.850. The predicted molar refractivity (Wildman–Crippen MR) is 88.0 cm³/mol. The molecule has 0 saturated heterocycles. The van der Waals surface area contributed by atoms with Gasteiger partial charge in [-0.2, -0.15) is 5.26 Å². The average molecular weight is 315 g/mol. The van der Waals surface area contributed by atoms with Crippen molar-refractivity contribution >= 4 is 0 Å². The van der Waals surface area contributed by atoms with Crippen molar-refractivity contribution in [3.63, 3.8) is 0 Å². The van der Waals surface area contributed by atoms with Crippen molar-refractivity contribution < 1.29 is 10.2 Å². The molecule has 3 fully saturated rings. The molecule has 3 unspecified atom stereocenters. The van der Waals surface area contributed by atoms with Crippen molar-refractivity contribution in [2.24, 2.45) is 34.5 Å². The fourth-order valence-corrected chi connectivity index (χ4v) is 6.84. The van der Waals surface area contributed by atoms with Crippen LogP contribution in [0.5, 0.6) is 0 Å². The summed E-state index contributed by atoms with van der Waals surface area (Å²) in [6.45, 7) is 4.73. The van der Waals surface area contributed by atoms with Gasteiger partial charge in [-0.05, 0) is 67.1 Å². The molecule has 23 heavy (non-hydrogen) atoms. The van der Waals surface area contributed by atoms with Gasteiger partial charge in [-0.15, -0.1) is 0 Å². The minimum Gasteiger partial charge on any atom is -0.365 e. The highest BCUT2D eigenvalue weighted by Crippen LogP contribution is 2.66. The van der Waals surface area contributed by atoms with E-state index < -0.39 is 5.79 Å². The molecule has 3 nitrogen and oxygen atoms in total. The van der Waals surface area contributed by atoms with Crippen molar-refractivity contribution in [1.29, 1.82) is 5.26 Å². The maximum Gasteiger partial charge on any atom is 0.166 e. The number of aliphatic hydroxyl groups is 2. The van der Waals surface area contributed by atoms with E-state index in [4.69, 9.17) is 0 Å². The Bertz CT molecular complexity index is 589. The molecule has 0 spiro atoms. The van der Waals surface area contributed by atoms with Crippen molar-refractivity contribution in [1.82, 2.24) is 0 Å². The standard InChI is InChI=1S/C20H29NO2/c1-18-8-7-17-15(16(18)6-4-14(18)12-21)5-3-13-11-20(22,23)10-9-19(13,17)2/h3,14-17,22-23H,4-11H2,1-2H3/t14-,15?,16?,17?,18-,19+/m1/s1. The van der Waals surface area contributed by atoms with Crippen LogP contribution in [0, 0.1) is 45.8 Å². The molecule has 2 N–H and O–H groups in total. The third kappa shape index (κ3) is 2.07. The van der Waals surface area contributed by atoms with Gasteiger partial charge in [0.2, 0.25) is 0 Å². The minimum atomic E-state index is -1.50. The Morgan fingerprint density at radius 1 is 1.09 bits per heavy atom. The summed E-state index contributed by atoms with van der Waals surface area (Å²) in [7, 11) is 0. The lowest BCUT2D eigenvalue weighted by Crippen LogP contribution is -2.52. The van der Waals surface area contributed by atoms with Gasteiger partial charge in [-0.1, -0.05) is 25.5 Å². The summed E-state index contributed by atoms with van der Waals surface area (Å²) in [5, 5.41) is 29.7. The number of nitrogens with zero attached hydrogens (tertiary/aromatic N) is 1. The zero-order chi connectivity index (χ0) is 16.5. The van der Waals surface area contributed by atoms with Gasteiger partial charge in [0.25, 0.3) is 0 Å². The van der Waals surface area contributed by atoms with E-state index in [1.807, 2.05) is 0 Å². The van der Waals surface area contributed by atoms with Gasteiger partial charge in [0.05, 0.1) is 12.0 Å². The first kappa shape index (κ1) is 15.7. The molecule has 0 bridgehead atoms. The molecule has 0 aromatic carbocycles. The van der Waals surface area contributed by atoms with Crippen LogP contribution < -0.4 is 0 Å². The average Bonchev–Trinajstić information content (AvgIpc) is 2.84. The number of hydrogen-bond acceptors (Lipinski definition) is 3. The summed E-state index contributed by atoms with van der Waals surface area (Å²) in [5.41, 5.74) is 1.64. The Kier molecular flexibility index (Phi) is 3.29. The van der Waals surface area contributed by atoms with Crippen molar-refractivity contribution in [3.8, 4) is 6.07 Å². The molecule has 4 aliphatic carbocycles. The molecular weight excluding hydrogens is 286 g/mol. The maximum absolute atomic E-state index is 10.1. The van der Waals surface area contributed by atoms with Gasteiger partial charge in [-0.3, -0.25) is 0 Å². The highest BCUT2D eigenvalue weighted by atomic mass is 16.5. The SMILES string of the molecule is C[C@]12CCC(O)(O)CC1=CCC1C2CC[C@@]2(C)C1CC[C@@H]2C#N. The first-order chi connectivity index (χ1) is 10.8. The van der Waals surface area contributed by atoms with E-state index in [-0.39, 0.29) is 16.7 Å². The Labute approximate surface area is 139 Å². The Hall–Kier alpha value is -0.850. The third-order valence-electron chi connectivity index (χ3n) is 8.30. The Balaban J connectivity index is 1.67. The molecule has 3 saturated carbocycles. The predicted octanol–water partition coefficient (Wildman–Crippen LogP) is 3.77. The molecular formula is C20H29NO2. The molecule has 0 aliphatic heterocycles. The summed E-state index contributed by atoms with van der Waals surface area (Å²) >= 11 is 0. The Morgan fingerprint density at radius 2 is 1.87 bits per heavy atom. The van der Waals surface area contributed by atoms with Gasteiger partial charge in [-0.25, -0.2) is 0 Å². The molecule has 0 radical (unpaired) electrons. The molecule has 0 heterocycles. The zero-order valence-electron chi connectivity index (χ0n) is 14.4. The highest BCUT2D eigenvalue weighted by Gasteiger charge is 2.59. The second kappa shape index (κ2) is 4.83. The largest absolute Gasteiger partial charge is 0.365 e. The first-order valence-corrected chi connectivity index (χ1v) is 9.34. The van der Waals surface area contributed by atoms with E-state index in [9.17, 15) is 15.5 Å². The summed E-state index contributed by atoms with van der Waals surface area (Å²) < 4.78 is 0. The van der Waals surface area contributed by atoms with E-state index in [1.54, 1.807) is 0 Å². The Morgan fingerprint density at radius 3 is 2.61 bits per heavy atom. The topological polar surface area (TPSA) is 64.2 Å². The number of nitriles is 1. The van der Waals surface area contributed by atoms with Crippen LogP contribution in [0.15, 0.2) is 11.6 Å². The second-order valence-electron chi connectivity index (χ2n) is 9.22. The van der Waals surface area contributed by atoms with Crippen LogP contribution in [0.3, 0.4) is 0 Å². The highest BCUT2D eigenvalue weighted by molar-refractivity contribution is 5.26. The first-order valence-electron chi connectivity index (χ1n) is 9.34. The molecule has 0 aromatic rings. The van der Waals surface area contributed by atoms with Crippen LogP contribution in [-0.4, -0.2) is 16.0 Å². The van der Waals surface area contributed by atoms with Crippen LogP contribution >= 0.6 is 0 Å². The summed E-state index contributed by atoms with van der Waals surface area (Å²) in [4.78, 5) is 0. The second-order valence-corrected chi connectivity index (χ2v) is 9.22. The van der Waals surface area contributed by atoms with Crippen molar-refractivity contribution in [3.05, 3.63) is 11.6 Å².